The van der Waals surface area contributed by atoms with Gasteiger partial charge in [-0.1, -0.05) is 36.7 Å². The molecule has 1 aliphatic heterocycles. The molecule has 1 saturated heterocycles. The number of piperidine rings is 1. The minimum atomic E-state index is 0.0826. The van der Waals surface area contributed by atoms with Gasteiger partial charge in [-0.2, -0.15) is 5.10 Å². The molecule has 6 heteroatoms. The first-order valence-electron chi connectivity index (χ1n) is 8.96. The monoisotopic (exact) mass is 360 g/mol. The van der Waals surface area contributed by atoms with Crippen molar-refractivity contribution >= 4 is 17.5 Å². The highest BCUT2D eigenvalue weighted by atomic mass is 35.5. The van der Waals surface area contributed by atoms with Crippen molar-refractivity contribution in [3.8, 4) is 0 Å². The number of carbonyl (C=O) groups excluding carboxylic acids is 1. The second-order valence-corrected chi connectivity index (χ2v) is 6.90. The number of amides is 1. The van der Waals surface area contributed by atoms with Crippen molar-refractivity contribution in [2.24, 2.45) is 0 Å². The molecule has 0 aliphatic carbocycles. The largest absolute Gasteiger partial charge is 0.335 e. The second kappa shape index (κ2) is 8.50. The Morgan fingerprint density at radius 3 is 2.84 bits per heavy atom. The number of benzene rings is 1. The Hall–Kier alpha value is -1.85. The number of nitrogens with one attached hydrogen (secondary N) is 1. The Morgan fingerprint density at radius 2 is 2.12 bits per heavy atom. The van der Waals surface area contributed by atoms with Crippen LogP contribution in [0.2, 0.25) is 5.02 Å². The summed E-state index contributed by atoms with van der Waals surface area (Å²) in [5.74, 6) is 0.0826. The summed E-state index contributed by atoms with van der Waals surface area (Å²) in [5, 5.41) is 8.44. The van der Waals surface area contributed by atoms with Gasteiger partial charge in [-0.3, -0.25) is 9.48 Å². The van der Waals surface area contributed by atoms with Crippen molar-refractivity contribution in [1.29, 1.82) is 0 Å². The van der Waals surface area contributed by atoms with Gasteiger partial charge in [-0.25, -0.2) is 0 Å². The van der Waals surface area contributed by atoms with E-state index >= 15 is 0 Å². The fraction of sp³-hybridized carbons (Fsp3) is 0.474. The molecule has 0 unspecified atom stereocenters. The van der Waals surface area contributed by atoms with Crippen LogP contribution < -0.4 is 5.32 Å². The summed E-state index contributed by atoms with van der Waals surface area (Å²) in [4.78, 5) is 15.0. The summed E-state index contributed by atoms with van der Waals surface area (Å²) in [6, 6.07) is 8.03. The van der Waals surface area contributed by atoms with Gasteiger partial charge in [0.05, 0.1) is 18.3 Å². The van der Waals surface area contributed by atoms with Crippen molar-refractivity contribution in [2.45, 2.75) is 38.8 Å². The number of carbonyl (C=O) groups is 1. The average Bonchev–Trinajstić information content (AvgIpc) is 3.10. The molecule has 3 rings (SSSR count). The van der Waals surface area contributed by atoms with Crippen LogP contribution in [-0.4, -0.2) is 46.3 Å². The van der Waals surface area contributed by atoms with Gasteiger partial charge in [0.2, 0.25) is 0 Å². The molecule has 134 valence electrons. The van der Waals surface area contributed by atoms with E-state index < -0.39 is 0 Å². The molecule has 1 fully saturated rings. The number of halogens is 1. The lowest BCUT2D eigenvalue weighted by molar-refractivity contribution is 0.0642. The van der Waals surface area contributed by atoms with E-state index in [9.17, 15) is 4.79 Å². The third-order valence-corrected chi connectivity index (χ3v) is 5.01. The zero-order chi connectivity index (χ0) is 17.6. The quantitative estimate of drug-likeness (QED) is 0.860. The van der Waals surface area contributed by atoms with E-state index in [0.29, 0.717) is 23.2 Å². The minimum Gasteiger partial charge on any atom is -0.335 e. The first-order chi connectivity index (χ1) is 12.2. The van der Waals surface area contributed by atoms with Gasteiger partial charge in [0.1, 0.15) is 0 Å². The van der Waals surface area contributed by atoms with E-state index in [2.05, 4.69) is 17.3 Å². The Labute approximate surface area is 154 Å². The number of hydrogen-bond acceptors (Lipinski definition) is 3. The van der Waals surface area contributed by atoms with Crippen LogP contribution in [0.1, 0.15) is 42.1 Å². The Kier molecular flexibility index (Phi) is 6.10. The highest BCUT2D eigenvalue weighted by molar-refractivity contribution is 6.31. The molecule has 5 nitrogen and oxygen atoms in total. The maximum atomic E-state index is 13.0. The van der Waals surface area contributed by atoms with Crippen LogP contribution in [0.4, 0.5) is 0 Å². The number of aromatic nitrogens is 2. The summed E-state index contributed by atoms with van der Waals surface area (Å²) < 4.78 is 1.78. The SMILES string of the molecule is CCCN(C(=O)c1cnn(Cc2ccccc2Cl)c1)C1CCNCC1. The molecule has 1 aliphatic rings. The smallest absolute Gasteiger partial charge is 0.257 e. The molecule has 0 bridgehead atoms. The lowest BCUT2D eigenvalue weighted by atomic mass is 10.0. The van der Waals surface area contributed by atoms with E-state index in [-0.39, 0.29) is 5.91 Å². The molecule has 0 spiro atoms. The summed E-state index contributed by atoms with van der Waals surface area (Å²) >= 11 is 6.21. The van der Waals surface area contributed by atoms with E-state index in [0.717, 1.165) is 44.5 Å². The Bertz CT molecular complexity index is 709. The number of nitrogens with zero attached hydrogens (tertiary/aromatic N) is 3. The van der Waals surface area contributed by atoms with Crippen LogP contribution in [-0.2, 0) is 6.54 Å². The van der Waals surface area contributed by atoms with E-state index in [1.807, 2.05) is 35.4 Å². The third-order valence-electron chi connectivity index (χ3n) is 4.65. The first kappa shape index (κ1) is 18.0. The standard InChI is InChI=1S/C19H25ClN4O/c1-2-11-24(17-7-9-21-10-8-17)19(25)16-12-22-23(14-16)13-15-5-3-4-6-18(15)20/h3-6,12,14,17,21H,2,7-11,13H2,1H3. The van der Waals surface area contributed by atoms with Crippen molar-refractivity contribution in [3.63, 3.8) is 0 Å². The van der Waals surface area contributed by atoms with E-state index in [1.54, 1.807) is 10.9 Å². The summed E-state index contributed by atoms with van der Waals surface area (Å²) in [7, 11) is 0. The molecule has 2 aromatic rings. The molecule has 1 N–H and O–H groups in total. The topological polar surface area (TPSA) is 50.2 Å². The average molecular weight is 361 g/mol. The van der Waals surface area contributed by atoms with Crippen molar-refractivity contribution < 1.29 is 4.79 Å². The normalized spacial score (nSPS) is 15.3. The van der Waals surface area contributed by atoms with Crippen LogP contribution in [0.5, 0.6) is 0 Å². The fourth-order valence-electron chi connectivity index (χ4n) is 3.34. The van der Waals surface area contributed by atoms with Crippen LogP contribution in [0.25, 0.3) is 0 Å². The predicted molar refractivity (Wildman–Crippen MR) is 100 cm³/mol. The van der Waals surface area contributed by atoms with Crippen LogP contribution in [0, 0.1) is 0 Å². The molecule has 2 heterocycles. The van der Waals surface area contributed by atoms with Gasteiger partial charge in [-0.05, 0) is 44.0 Å². The second-order valence-electron chi connectivity index (χ2n) is 6.50. The minimum absolute atomic E-state index is 0.0826. The van der Waals surface area contributed by atoms with Gasteiger partial charge in [-0.15, -0.1) is 0 Å². The molecule has 1 aromatic carbocycles. The molecular formula is C19H25ClN4O. The van der Waals surface area contributed by atoms with Crippen LogP contribution in [0.15, 0.2) is 36.7 Å². The first-order valence-corrected chi connectivity index (χ1v) is 9.34. The van der Waals surface area contributed by atoms with Gasteiger partial charge >= 0.3 is 0 Å². The van der Waals surface area contributed by atoms with Gasteiger partial charge < -0.3 is 10.2 Å². The number of hydrogen-bond donors (Lipinski definition) is 1. The fourth-order valence-corrected chi connectivity index (χ4v) is 3.53. The summed E-state index contributed by atoms with van der Waals surface area (Å²) in [5.41, 5.74) is 1.65. The lowest BCUT2D eigenvalue weighted by Gasteiger charge is -2.34. The zero-order valence-electron chi connectivity index (χ0n) is 14.6. The Balaban J connectivity index is 1.73. The van der Waals surface area contributed by atoms with Crippen LogP contribution >= 0.6 is 11.6 Å². The van der Waals surface area contributed by atoms with Crippen molar-refractivity contribution in [2.75, 3.05) is 19.6 Å². The van der Waals surface area contributed by atoms with Crippen molar-refractivity contribution in [3.05, 3.63) is 52.8 Å². The summed E-state index contributed by atoms with van der Waals surface area (Å²) in [6.45, 7) is 5.42. The molecule has 0 saturated carbocycles. The maximum absolute atomic E-state index is 13.0. The molecule has 0 atom stereocenters. The van der Waals surface area contributed by atoms with Gasteiger partial charge in [0.15, 0.2) is 0 Å². The van der Waals surface area contributed by atoms with Gasteiger partial charge in [0.25, 0.3) is 5.91 Å². The highest BCUT2D eigenvalue weighted by Crippen LogP contribution is 2.18. The Morgan fingerprint density at radius 1 is 1.36 bits per heavy atom. The lowest BCUT2D eigenvalue weighted by Crippen LogP contribution is -2.46. The van der Waals surface area contributed by atoms with Crippen molar-refractivity contribution in [1.82, 2.24) is 20.0 Å². The van der Waals surface area contributed by atoms with Crippen LogP contribution in [0.3, 0.4) is 0 Å². The number of rotatable bonds is 6. The molecular weight excluding hydrogens is 336 g/mol. The van der Waals surface area contributed by atoms with E-state index in [1.165, 1.54) is 0 Å². The molecule has 25 heavy (non-hydrogen) atoms. The van der Waals surface area contributed by atoms with E-state index in [4.69, 9.17) is 11.6 Å². The highest BCUT2D eigenvalue weighted by Gasteiger charge is 2.26. The molecule has 1 aromatic heterocycles. The predicted octanol–water partition coefficient (Wildman–Crippen LogP) is 3.19. The third kappa shape index (κ3) is 4.41. The zero-order valence-corrected chi connectivity index (χ0v) is 15.4. The maximum Gasteiger partial charge on any atom is 0.257 e. The molecule has 1 amide bonds. The summed E-state index contributed by atoms with van der Waals surface area (Å²) in [6.07, 6.45) is 6.49. The van der Waals surface area contributed by atoms with Gasteiger partial charge in [0, 0.05) is 23.8 Å². The molecule has 0 radical (unpaired) electrons.